The maximum absolute atomic E-state index is 5.67. The third kappa shape index (κ3) is 5.34. The van der Waals surface area contributed by atoms with E-state index < -0.39 is 0 Å². The van der Waals surface area contributed by atoms with Crippen molar-refractivity contribution in [2.75, 3.05) is 18.0 Å². The summed E-state index contributed by atoms with van der Waals surface area (Å²) in [4.78, 5) is 2.66. The van der Waals surface area contributed by atoms with Crippen molar-refractivity contribution in [3.05, 3.63) is 64.6 Å². The van der Waals surface area contributed by atoms with E-state index in [-0.39, 0.29) is 0 Å². The van der Waals surface area contributed by atoms with Crippen LogP contribution in [-0.2, 0) is 0 Å². The van der Waals surface area contributed by atoms with Gasteiger partial charge >= 0.3 is 0 Å². The van der Waals surface area contributed by atoms with Crippen molar-refractivity contribution in [2.24, 2.45) is 5.73 Å². The lowest BCUT2D eigenvalue weighted by Crippen LogP contribution is -2.38. The van der Waals surface area contributed by atoms with E-state index in [2.05, 4.69) is 75.4 Å². The summed E-state index contributed by atoms with van der Waals surface area (Å²) in [7, 11) is 0. The van der Waals surface area contributed by atoms with Crippen molar-refractivity contribution < 1.29 is 0 Å². The van der Waals surface area contributed by atoms with Gasteiger partial charge < -0.3 is 10.6 Å². The van der Waals surface area contributed by atoms with Gasteiger partial charge in [-0.2, -0.15) is 0 Å². The fraction of sp³-hybridized carbons (Fsp3) is 0.478. The molecule has 0 saturated heterocycles. The predicted octanol–water partition coefficient (Wildman–Crippen LogP) is 6.11. The van der Waals surface area contributed by atoms with E-state index in [1.165, 1.54) is 49.8 Å². The Morgan fingerprint density at radius 3 is 2.19 bits per heavy atom. The molecule has 0 spiro atoms. The van der Waals surface area contributed by atoms with Gasteiger partial charge in [-0.25, -0.2) is 0 Å². The van der Waals surface area contributed by atoms with Gasteiger partial charge in [0, 0.05) is 22.7 Å². The molecule has 26 heavy (non-hydrogen) atoms. The molecule has 0 heterocycles. The highest BCUT2D eigenvalue weighted by Crippen LogP contribution is 2.36. The average molecular weight is 415 g/mol. The molecular formula is C23H31BrN2. The molecule has 3 rings (SSSR count). The molecular weight excluding hydrogens is 384 g/mol. The van der Waals surface area contributed by atoms with Crippen LogP contribution in [0.3, 0.4) is 0 Å². The summed E-state index contributed by atoms with van der Waals surface area (Å²) < 4.78 is 1.15. The van der Waals surface area contributed by atoms with Crippen LogP contribution in [0.4, 0.5) is 5.69 Å². The normalized spacial score (nSPS) is 20.1. The predicted molar refractivity (Wildman–Crippen MR) is 116 cm³/mol. The molecule has 1 saturated carbocycles. The second-order valence-electron chi connectivity index (χ2n) is 7.44. The molecule has 1 aliphatic rings. The number of halogens is 1. The molecule has 3 heteroatoms. The second kappa shape index (κ2) is 10.1. The van der Waals surface area contributed by atoms with E-state index in [0.29, 0.717) is 6.04 Å². The largest absolute Gasteiger partial charge is 0.369 e. The number of hydrogen-bond acceptors (Lipinski definition) is 2. The van der Waals surface area contributed by atoms with Crippen LogP contribution < -0.4 is 10.6 Å². The summed E-state index contributed by atoms with van der Waals surface area (Å²) in [6, 6.07) is 20.6. The summed E-state index contributed by atoms with van der Waals surface area (Å²) in [6.07, 6.45) is 8.75. The van der Waals surface area contributed by atoms with E-state index in [0.717, 1.165) is 29.9 Å². The Kier molecular flexibility index (Phi) is 7.57. The lowest BCUT2D eigenvalue weighted by atomic mass is 9.81. The summed E-state index contributed by atoms with van der Waals surface area (Å²) in [5.74, 6) is 0.733. The zero-order valence-corrected chi connectivity index (χ0v) is 17.2. The minimum atomic E-state index is 0.661. The van der Waals surface area contributed by atoms with Gasteiger partial charge in [-0.15, -0.1) is 0 Å². The highest BCUT2D eigenvalue weighted by molar-refractivity contribution is 9.10. The Morgan fingerprint density at radius 2 is 1.54 bits per heavy atom. The number of anilines is 1. The van der Waals surface area contributed by atoms with Crippen LogP contribution >= 0.6 is 15.9 Å². The van der Waals surface area contributed by atoms with Gasteiger partial charge in [-0.05, 0) is 80.8 Å². The number of benzene rings is 2. The van der Waals surface area contributed by atoms with Gasteiger partial charge in [-0.1, -0.05) is 52.7 Å². The Morgan fingerprint density at radius 1 is 0.846 bits per heavy atom. The lowest BCUT2D eigenvalue weighted by molar-refractivity contribution is 0.373. The molecule has 0 unspecified atom stereocenters. The molecule has 1 aliphatic carbocycles. The van der Waals surface area contributed by atoms with E-state index in [4.69, 9.17) is 5.73 Å². The van der Waals surface area contributed by atoms with Gasteiger partial charge in [0.25, 0.3) is 0 Å². The molecule has 0 aliphatic heterocycles. The molecule has 2 N–H and O–H groups in total. The zero-order valence-electron chi connectivity index (χ0n) is 15.6. The fourth-order valence-corrected chi connectivity index (χ4v) is 4.47. The van der Waals surface area contributed by atoms with Crippen LogP contribution in [0.5, 0.6) is 0 Å². The average Bonchev–Trinajstić information content (AvgIpc) is 2.70. The van der Waals surface area contributed by atoms with Gasteiger partial charge in [-0.3, -0.25) is 0 Å². The second-order valence-corrected chi connectivity index (χ2v) is 8.35. The summed E-state index contributed by atoms with van der Waals surface area (Å²) in [5, 5.41) is 0. The van der Waals surface area contributed by atoms with Gasteiger partial charge in [0.15, 0.2) is 0 Å². The van der Waals surface area contributed by atoms with Gasteiger partial charge in [0.2, 0.25) is 0 Å². The third-order valence-corrected chi connectivity index (χ3v) is 6.20. The Balaban J connectivity index is 1.64. The molecule has 2 aromatic carbocycles. The first-order chi connectivity index (χ1) is 12.8. The molecule has 0 atom stereocenters. The standard InChI is InChI=1S/C23H31BrN2/c24-21-11-15-23(16-12-21)26(18-6-2-5-17-25)22-13-9-20(10-14-22)19-7-3-1-4-8-19/h1,3-4,7-8,11-12,15-16,20,22H,2,5-6,9-10,13-14,17-18,25H2. The van der Waals surface area contributed by atoms with E-state index in [1.807, 2.05) is 0 Å². The lowest BCUT2D eigenvalue weighted by Gasteiger charge is -2.39. The molecule has 0 aromatic heterocycles. The topological polar surface area (TPSA) is 29.3 Å². The molecule has 0 amide bonds. The molecule has 2 aromatic rings. The first kappa shape index (κ1) is 19.4. The van der Waals surface area contributed by atoms with Crippen LogP contribution in [-0.4, -0.2) is 19.1 Å². The summed E-state index contributed by atoms with van der Waals surface area (Å²) in [6.45, 7) is 1.95. The van der Waals surface area contributed by atoms with Crippen LogP contribution in [0.2, 0.25) is 0 Å². The van der Waals surface area contributed by atoms with Crippen molar-refractivity contribution in [1.82, 2.24) is 0 Å². The molecule has 0 bridgehead atoms. The smallest absolute Gasteiger partial charge is 0.0369 e. The third-order valence-electron chi connectivity index (χ3n) is 5.67. The van der Waals surface area contributed by atoms with E-state index >= 15 is 0 Å². The quantitative estimate of drug-likeness (QED) is 0.527. The van der Waals surface area contributed by atoms with E-state index in [9.17, 15) is 0 Å². The SMILES string of the molecule is NCCCCCN(c1ccc(Br)cc1)C1CCC(c2ccccc2)CC1. The number of nitrogens with zero attached hydrogens (tertiary/aromatic N) is 1. The minimum absolute atomic E-state index is 0.661. The molecule has 140 valence electrons. The van der Waals surface area contributed by atoms with E-state index in [1.54, 1.807) is 0 Å². The Hall–Kier alpha value is -1.32. The van der Waals surface area contributed by atoms with Crippen molar-refractivity contribution in [3.63, 3.8) is 0 Å². The highest BCUT2D eigenvalue weighted by atomic mass is 79.9. The van der Waals surface area contributed by atoms with Gasteiger partial charge in [0.05, 0.1) is 0 Å². The minimum Gasteiger partial charge on any atom is -0.369 e. The zero-order chi connectivity index (χ0) is 18.2. The Labute approximate surface area is 166 Å². The number of rotatable bonds is 8. The maximum Gasteiger partial charge on any atom is 0.0369 e. The van der Waals surface area contributed by atoms with Crippen molar-refractivity contribution >= 4 is 21.6 Å². The number of nitrogens with two attached hydrogens (primary N) is 1. The van der Waals surface area contributed by atoms with Crippen molar-refractivity contribution in [2.45, 2.75) is 56.9 Å². The summed E-state index contributed by atoms with van der Waals surface area (Å²) in [5.41, 5.74) is 8.55. The molecule has 2 nitrogen and oxygen atoms in total. The number of hydrogen-bond donors (Lipinski definition) is 1. The van der Waals surface area contributed by atoms with Crippen molar-refractivity contribution in [3.8, 4) is 0 Å². The maximum atomic E-state index is 5.67. The first-order valence-electron chi connectivity index (χ1n) is 10.0. The van der Waals surface area contributed by atoms with Crippen molar-refractivity contribution in [1.29, 1.82) is 0 Å². The summed E-state index contributed by atoms with van der Waals surface area (Å²) >= 11 is 3.57. The number of unbranched alkanes of at least 4 members (excludes halogenated alkanes) is 2. The molecule has 0 radical (unpaired) electrons. The van der Waals surface area contributed by atoms with Gasteiger partial charge in [0.1, 0.15) is 0 Å². The molecule has 1 fully saturated rings. The van der Waals surface area contributed by atoms with Crippen LogP contribution in [0.25, 0.3) is 0 Å². The van der Waals surface area contributed by atoms with Crippen LogP contribution in [0.15, 0.2) is 59.1 Å². The first-order valence-corrected chi connectivity index (χ1v) is 10.8. The highest BCUT2D eigenvalue weighted by Gasteiger charge is 2.26. The Bertz CT molecular complexity index is 633. The van der Waals surface area contributed by atoms with Crippen LogP contribution in [0, 0.1) is 0 Å². The fourth-order valence-electron chi connectivity index (χ4n) is 4.20. The monoisotopic (exact) mass is 414 g/mol. The van der Waals surface area contributed by atoms with Crippen LogP contribution in [0.1, 0.15) is 56.4 Å².